The lowest BCUT2D eigenvalue weighted by molar-refractivity contribution is 0.0692. The molecule has 4 aromatic rings. The molecule has 29 heavy (non-hydrogen) atoms. The van der Waals surface area contributed by atoms with Gasteiger partial charge in [0.2, 0.25) is 5.82 Å². The number of aryl methyl sites for hydroxylation is 1. The third-order valence-electron chi connectivity index (χ3n) is 5.48. The first-order valence-electron chi connectivity index (χ1n) is 9.77. The lowest BCUT2D eigenvalue weighted by Crippen LogP contribution is -2.40. The molecule has 0 radical (unpaired) electrons. The van der Waals surface area contributed by atoms with Crippen LogP contribution in [0.1, 0.15) is 40.8 Å². The molecule has 5 rings (SSSR count). The zero-order valence-electron chi connectivity index (χ0n) is 16.1. The van der Waals surface area contributed by atoms with Gasteiger partial charge in [-0.15, -0.1) is 10.2 Å². The summed E-state index contributed by atoms with van der Waals surface area (Å²) >= 11 is 0. The Kier molecular flexibility index (Phi) is 4.31. The van der Waals surface area contributed by atoms with Crippen molar-refractivity contribution in [3.05, 3.63) is 66.0 Å². The topological polar surface area (TPSA) is 92.1 Å². The monoisotopic (exact) mass is 387 g/mol. The number of nitrogens with zero attached hydrogens (tertiary/aromatic N) is 6. The summed E-state index contributed by atoms with van der Waals surface area (Å²) < 4.78 is 1.66. The molecule has 1 aromatic carbocycles. The molecular formula is C21H21N7O. The molecule has 0 spiro atoms. The largest absolute Gasteiger partial charge is 0.335 e. The molecule has 146 valence electrons. The Labute approximate surface area is 167 Å². The minimum Gasteiger partial charge on any atom is -0.335 e. The summed E-state index contributed by atoms with van der Waals surface area (Å²) in [6.07, 6.45) is 5.60. The number of hydrogen-bond acceptors (Lipinski definition) is 5. The molecule has 0 saturated carbocycles. The van der Waals surface area contributed by atoms with Crippen LogP contribution in [-0.2, 0) is 0 Å². The van der Waals surface area contributed by atoms with Crippen molar-refractivity contribution in [2.45, 2.75) is 25.7 Å². The predicted octanol–water partition coefficient (Wildman–Crippen LogP) is 2.84. The fourth-order valence-electron chi connectivity index (χ4n) is 4.01. The summed E-state index contributed by atoms with van der Waals surface area (Å²) in [5.41, 5.74) is 4.15. The van der Waals surface area contributed by atoms with E-state index in [0.717, 1.165) is 35.4 Å². The molecule has 0 aliphatic carbocycles. The molecule has 8 heteroatoms. The van der Waals surface area contributed by atoms with Crippen LogP contribution in [0.4, 0.5) is 0 Å². The predicted molar refractivity (Wildman–Crippen MR) is 107 cm³/mol. The lowest BCUT2D eigenvalue weighted by atomic mass is 9.90. The standard InChI is InChI=1S/C21H21N7O/c1-14-9-11-28-19(25-26-21(28)23-14)20(29)27-10-5-8-16(13-27)18-17(12-22-24-18)15-6-3-2-4-7-15/h2-4,6-7,9,11-12,16H,5,8,10,13H2,1H3,(H,22,24)/t16-/m0/s1. The fourth-order valence-corrected chi connectivity index (χ4v) is 4.01. The van der Waals surface area contributed by atoms with E-state index in [4.69, 9.17) is 0 Å². The Morgan fingerprint density at radius 1 is 1.17 bits per heavy atom. The third kappa shape index (κ3) is 3.16. The average Bonchev–Trinajstić information content (AvgIpc) is 3.41. The number of amides is 1. The molecule has 1 aliphatic heterocycles. The first-order chi connectivity index (χ1) is 14.2. The molecule has 1 saturated heterocycles. The molecule has 1 amide bonds. The molecule has 1 N–H and O–H groups in total. The zero-order valence-corrected chi connectivity index (χ0v) is 16.1. The Morgan fingerprint density at radius 3 is 2.90 bits per heavy atom. The van der Waals surface area contributed by atoms with Crippen LogP contribution in [0, 0.1) is 6.92 Å². The minimum absolute atomic E-state index is 0.117. The van der Waals surface area contributed by atoms with Gasteiger partial charge < -0.3 is 4.90 Å². The molecule has 0 unspecified atom stereocenters. The van der Waals surface area contributed by atoms with E-state index in [9.17, 15) is 4.79 Å². The van der Waals surface area contributed by atoms with E-state index in [2.05, 4.69) is 37.5 Å². The average molecular weight is 387 g/mol. The number of carbonyl (C=O) groups excluding carboxylic acids is 1. The molecular weight excluding hydrogens is 366 g/mol. The summed E-state index contributed by atoms with van der Waals surface area (Å²) in [7, 11) is 0. The second kappa shape index (κ2) is 7.12. The number of likely N-dealkylation sites (tertiary alicyclic amines) is 1. The van der Waals surface area contributed by atoms with Gasteiger partial charge in [-0.05, 0) is 31.4 Å². The van der Waals surface area contributed by atoms with E-state index < -0.39 is 0 Å². The quantitative estimate of drug-likeness (QED) is 0.584. The molecule has 1 atom stereocenters. The van der Waals surface area contributed by atoms with Crippen LogP contribution in [-0.4, -0.2) is 53.7 Å². The Bertz CT molecular complexity index is 1160. The number of piperidine rings is 1. The van der Waals surface area contributed by atoms with Gasteiger partial charge in [0.1, 0.15) is 0 Å². The third-order valence-corrected chi connectivity index (χ3v) is 5.48. The van der Waals surface area contributed by atoms with Crippen molar-refractivity contribution in [1.29, 1.82) is 0 Å². The van der Waals surface area contributed by atoms with Gasteiger partial charge in [-0.1, -0.05) is 30.3 Å². The summed E-state index contributed by atoms with van der Waals surface area (Å²) in [6, 6.07) is 12.1. The van der Waals surface area contributed by atoms with Crippen LogP contribution in [0.5, 0.6) is 0 Å². The SMILES string of the molecule is Cc1ccn2c(C(=O)N3CCC[C@H](c4[nH]ncc4-c4ccccc4)C3)nnc2n1. The molecule has 3 aromatic heterocycles. The highest BCUT2D eigenvalue weighted by Crippen LogP contribution is 2.33. The van der Waals surface area contributed by atoms with Crippen molar-refractivity contribution >= 4 is 11.7 Å². The normalized spacial score (nSPS) is 17.0. The first-order valence-corrected chi connectivity index (χ1v) is 9.77. The maximum atomic E-state index is 13.2. The van der Waals surface area contributed by atoms with E-state index >= 15 is 0 Å². The van der Waals surface area contributed by atoms with Crippen molar-refractivity contribution in [2.75, 3.05) is 13.1 Å². The highest BCUT2D eigenvalue weighted by Gasteiger charge is 2.30. The number of hydrogen-bond donors (Lipinski definition) is 1. The molecule has 0 bridgehead atoms. The first kappa shape index (κ1) is 17.5. The van der Waals surface area contributed by atoms with Gasteiger partial charge in [-0.3, -0.25) is 14.3 Å². The smallest absolute Gasteiger partial charge is 0.292 e. The van der Waals surface area contributed by atoms with Crippen LogP contribution in [0.2, 0.25) is 0 Å². The van der Waals surface area contributed by atoms with E-state index in [0.29, 0.717) is 24.7 Å². The number of H-pyrrole nitrogens is 1. The van der Waals surface area contributed by atoms with Gasteiger partial charge in [0, 0.05) is 42.2 Å². The summed E-state index contributed by atoms with van der Waals surface area (Å²) in [5, 5.41) is 15.6. The van der Waals surface area contributed by atoms with Crippen LogP contribution >= 0.6 is 0 Å². The van der Waals surface area contributed by atoms with Crippen LogP contribution in [0.15, 0.2) is 48.8 Å². The molecule has 4 heterocycles. The van der Waals surface area contributed by atoms with E-state index in [1.165, 1.54) is 0 Å². The zero-order chi connectivity index (χ0) is 19.8. The fraction of sp³-hybridized carbons (Fsp3) is 0.286. The highest BCUT2D eigenvalue weighted by molar-refractivity contribution is 5.91. The Balaban J connectivity index is 1.41. The number of benzene rings is 1. The van der Waals surface area contributed by atoms with Gasteiger partial charge in [0.25, 0.3) is 11.7 Å². The highest BCUT2D eigenvalue weighted by atomic mass is 16.2. The summed E-state index contributed by atoms with van der Waals surface area (Å²) in [5.74, 6) is 0.835. The van der Waals surface area contributed by atoms with Crippen LogP contribution in [0.25, 0.3) is 16.9 Å². The van der Waals surface area contributed by atoms with Gasteiger partial charge in [0.15, 0.2) is 0 Å². The van der Waals surface area contributed by atoms with Gasteiger partial charge in [-0.25, -0.2) is 4.98 Å². The number of rotatable bonds is 3. The van der Waals surface area contributed by atoms with Gasteiger partial charge in [-0.2, -0.15) is 5.10 Å². The van der Waals surface area contributed by atoms with Crippen molar-refractivity contribution in [1.82, 2.24) is 34.7 Å². The van der Waals surface area contributed by atoms with Crippen LogP contribution < -0.4 is 0 Å². The number of carbonyl (C=O) groups is 1. The maximum Gasteiger partial charge on any atom is 0.292 e. The van der Waals surface area contributed by atoms with E-state index in [-0.39, 0.29) is 11.8 Å². The lowest BCUT2D eigenvalue weighted by Gasteiger charge is -2.32. The molecule has 8 nitrogen and oxygen atoms in total. The molecule has 1 aliphatic rings. The van der Waals surface area contributed by atoms with Crippen LogP contribution in [0.3, 0.4) is 0 Å². The molecule has 1 fully saturated rings. The summed E-state index contributed by atoms with van der Waals surface area (Å²) in [6.45, 7) is 3.22. The van der Waals surface area contributed by atoms with Crippen molar-refractivity contribution in [3.8, 4) is 11.1 Å². The number of nitrogens with one attached hydrogen (secondary N) is 1. The maximum absolute atomic E-state index is 13.2. The second-order valence-electron chi connectivity index (χ2n) is 7.42. The van der Waals surface area contributed by atoms with Gasteiger partial charge >= 0.3 is 0 Å². The van der Waals surface area contributed by atoms with E-state index in [1.54, 1.807) is 10.6 Å². The Morgan fingerprint density at radius 2 is 2.03 bits per heavy atom. The second-order valence-corrected chi connectivity index (χ2v) is 7.42. The van der Waals surface area contributed by atoms with Gasteiger partial charge in [0.05, 0.1) is 6.20 Å². The Hall–Kier alpha value is -3.55. The van der Waals surface area contributed by atoms with Crippen molar-refractivity contribution in [2.24, 2.45) is 0 Å². The van der Waals surface area contributed by atoms with Crippen molar-refractivity contribution in [3.63, 3.8) is 0 Å². The van der Waals surface area contributed by atoms with Crippen molar-refractivity contribution < 1.29 is 4.79 Å². The number of aromatic amines is 1. The number of aromatic nitrogens is 6. The van der Waals surface area contributed by atoms with E-state index in [1.807, 2.05) is 42.3 Å². The minimum atomic E-state index is -0.117. The number of fused-ring (bicyclic) bond motifs is 1. The summed E-state index contributed by atoms with van der Waals surface area (Å²) in [4.78, 5) is 19.4.